The van der Waals surface area contributed by atoms with Crippen molar-refractivity contribution in [1.82, 2.24) is 10.5 Å². The van der Waals surface area contributed by atoms with Crippen molar-refractivity contribution in [3.05, 3.63) is 101 Å². The first-order valence-corrected chi connectivity index (χ1v) is 9.69. The normalized spacial score (nSPS) is 10.7. The third kappa shape index (κ3) is 5.77. The van der Waals surface area contributed by atoms with Gasteiger partial charge >= 0.3 is 0 Å². The van der Waals surface area contributed by atoms with Crippen LogP contribution in [0, 0.1) is 0 Å². The van der Waals surface area contributed by atoms with Gasteiger partial charge < -0.3 is 4.90 Å². The number of carbonyl (C=O) groups is 2. The summed E-state index contributed by atoms with van der Waals surface area (Å²) in [7, 11) is 3.89. The molecule has 31 heavy (non-hydrogen) atoms. The van der Waals surface area contributed by atoms with Gasteiger partial charge in [-0.15, -0.1) is 0 Å². The Bertz CT molecular complexity index is 1050. The zero-order valence-electron chi connectivity index (χ0n) is 17.4. The van der Waals surface area contributed by atoms with E-state index in [4.69, 9.17) is 5.21 Å². The van der Waals surface area contributed by atoms with Crippen LogP contribution < -0.4 is 10.4 Å². The summed E-state index contributed by atoms with van der Waals surface area (Å²) >= 11 is 0. The lowest BCUT2D eigenvalue weighted by molar-refractivity contribution is 0.0706. The number of nitrogens with one attached hydrogen (secondary N) is 1. The molecule has 0 atom stereocenters. The van der Waals surface area contributed by atoms with Gasteiger partial charge in [0.25, 0.3) is 11.8 Å². The number of hydroxylamine groups is 1. The summed E-state index contributed by atoms with van der Waals surface area (Å²) in [6.45, 7) is 0.316. The van der Waals surface area contributed by atoms with Crippen LogP contribution in [-0.4, -0.2) is 42.3 Å². The highest BCUT2D eigenvalue weighted by Crippen LogP contribution is 2.16. The second kappa shape index (κ2) is 10.2. The van der Waals surface area contributed by atoms with Crippen LogP contribution in [0.5, 0.6) is 0 Å². The highest BCUT2D eigenvalue weighted by molar-refractivity contribution is 5.96. The van der Waals surface area contributed by atoms with Crippen LogP contribution in [0.1, 0.15) is 31.8 Å². The standard InChI is InChI=1S/C24H24N4O3/c1-27(2)22-14-12-21(13-15-22)24(30)28(17-19-6-4-3-5-7-19)25-16-18-8-10-20(11-9-18)23(29)26-31/h3-16,31H,17H2,1-2H3,(H,26,29). The molecule has 0 aromatic heterocycles. The summed E-state index contributed by atoms with van der Waals surface area (Å²) in [5.41, 5.74) is 5.11. The van der Waals surface area contributed by atoms with Crippen molar-refractivity contribution < 1.29 is 14.8 Å². The maximum atomic E-state index is 13.2. The zero-order chi connectivity index (χ0) is 22.2. The molecule has 0 spiro atoms. The molecule has 0 saturated carbocycles. The number of rotatable bonds is 7. The average Bonchev–Trinajstić information content (AvgIpc) is 2.81. The quantitative estimate of drug-likeness (QED) is 0.350. The summed E-state index contributed by atoms with van der Waals surface area (Å²) in [5.74, 6) is -0.813. The average molecular weight is 416 g/mol. The van der Waals surface area contributed by atoms with Crippen LogP contribution in [0.4, 0.5) is 5.69 Å². The van der Waals surface area contributed by atoms with Crippen LogP contribution in [-0.2, 0) is 6.54 Å². The first-order valence-electron chi connectivity index (χ1n) is 9.69. The Hall–Kier alpha value is -3.97. The van der Waals surface area contributed by atoms with Crippen molar-refractivity contribution in [2.75, 3.05) is 19.0 Å². The lowest BCUT2D eigenvalue weighted by atomic mass is 10.1. The van der Waals surface area contributed by atoms with Crippen LogP contribution in [0.2, 0.25) is 0 Å². The van der Waals surface area contributed by atoms with Crippen molar-refractivity contribution in [2.45, 2.75) is 6.54 Å². The van der Waals surface area contributed by atoms with Gasteiger partial charge in [0, 0.05) is 30.9 Å². The molecule has 0 aliphatic carbocycles. The minimum atomic E-state index is -0.592. The molecule has 0 heterocycles. The van der Waals surface area contributed by atoms with Crippen LogP contribution in [0.3, 0.4) is 0 Å². The zero-order valence-corrected chi connectivity index (χ0v) is 17.4. The van der Waals surface area contributed by atoms with Gasteiger partial charge in [0.1, 0.15) is 0 Å². The maximum Gasteiger partial charge on any atom is 0.274 e. The lowest BCUT2D eigenvalue weighted by Gasteiger charge is -2.18. The molecule has 0 saturated heterocycles. The van der Waals surface area contributed by atoms with E-state index < -0.39 is 5.91 Å². The summed E-state index contributed by atoms with van der Waals surface area (Å²) in [4.78, 5) is 26.6. The second-order valence-corrected chi connectivity index (χ2v) is 7.10. The molecule has 158 valence electrons. The maximum absolute atomic E-state index is 13.2. The molecule has 2 amide bonds. The van der Waals surface area contributed by atoms with Gasteiger partial charge in [-0.2, -0.15) is 5.10 Å². The first-order chi connectivity index (χ1) is 15.0. The predicted molar refractivity (Wildman–Crippen MR) is 120 cm³/mol. The topological polar surface area (TPSA) is 85.2 Å². The number of nitrogens with zero attached hydrogens (tertiary/aromatic N) is 3. The van der Waals surface area contributed by atoms with E-state index in [1.165, 1.54) is 5.01 Å². The molecule has 7 heteroatoms. The fourth-order valence-corrected chi connectivity index (χ4v) is 2.89. The third-order valence-corrected chi connectivity index (χ3v) is 4.66. The highest BCUT2D eigenvalue weighted by atomic mass is 16.5. The van der Waals surface area contributed by atoms with Crippen molar-refractivity contribution in [1.29, 1.82) is 0 Å². The number of carbonyl (C=O) groups excluding carboxylic acids is 2. The smallest absolute Gasteiger partial charge is 0.274 e. The number of hydrazone groups is 1. The molecule has 2 N–H and O–H groups in total. The number of hydrogen-bond acceptors (Lipinski definition) is 5. The number of benzene rings is 3. The third-order valence-electron chi connectivity index (χ3n) is 4.66. The van der Waals surface area contributed by atoms with Gasteiger partial charge in [0.05, 0.1) is 12.8 Å². The minimum absolute atomic E-state index is 0.221. The van der Waals surface area contributed by atoms with Gasteiger partial charge in [0.15, 0.2) is 0 Å². The van der Waals surface area contributed by atoms with Gasteiger partial charge in [-0.05, 0) is 47.5 Å². The monoisotopic (exact) mass is 416 g/mol. The summed E-state index contributed by atoms with van der Waals surface area (Å²) in [6.07, 6.45) is 1.57. The molecular formula is C24H24N4O3. The molecule has 0 aliphatic heterocycles. The highest BCUT2D eigenvalue weighted by Gasteiger charge is 2.16. The fourth-order valence-electron chi connectivity index (χ4n) is 2.89. The van der Waals surface area contributed by atoms with Crippen molar-refractivity contribution in [3.63, 3.8) is 0 Å². The Balaban J connectivity index is 1.84. The molecule has 0 aliphatic rings. The lowest BCUT2D eigenvalue weighted by Crippen LogP contribution is -2.26. The summed E-state index contributed by atoms with van der Waals surface area (Å²) < 4.78 is 0. The van der Waals surface area contributed by atoms with E-state index in [0.29, 0.717) is 23.2 Å². The van der Waals surface area contributed by atoms with Crippen molar-refractivity contribution in [3.8, 4) is 0 Å². The van der Waals surface area contributed by atoms with Gasteiger partial charge in [0.2, 0.25) is 0 Å². The SMILES string of the molecule is CN(C)c1ccc(C(=O)N(Cc2ccccc2)N=Cc2ccc(C(=O)NO)cc2)cc1. The second-order valence-electron chi connectivity index (χ2n) is 7.10. The molecule has 3 aromatic carbocycles. The van der Waals surface area contributed by atoms with Crippen LogP contribution in [0.25, 0.3) is 0 Å². The molecule has 0 fully saturated rings. The Morgan fingerprint density at radius 2 is 1.52 bits per heavy atom. The predicted octanol–water partition coefficient (Wildman–Crippen LogP) is 3.55. The summed E-state index contributed by atoms with van der Waals surface area (Å²) in [5, 5.41) is 14.5. The fraction of sp³-hybridized carbons (Fsp3) is 0.125. The summed E-state index contributed by atoms with van der Waals surface area (Å²) in [6, 6.07) is 23.5. The largest absolute Gasteiger partial charge is 0.378 e. The minimum Gasteiger partial charge on any atom is -0.378 e. The van der Waals surface area contributed by atoms with E-state index in [-0.39, 0.29) is 5.91 Å². The van der Waals surface area contributed by atoms with Crippen LogP contribution in [0.15, 0.2) is 84.0 Å². The van der Waals surface area contributed by atoms with Crippen LogP contribution >= 0.6 is 0 Å². The number of anilines is 1. The Morgan fingerprint density at radius 1 is 0.903 bits per heavy atom. The van der Waals surface area contributed by atoms with E-state index in [2.05, 4.69) is 5.10 Å². The molecule has 7 nitrogen and oxygen atoms in total. The van der Waals surface area contributed by atoms with E-state index in [1.54, 1.807) is 48.1 Å². The van der Waals surface area contributed by atoms with E-state index in [9.17, 15) is 9.59 Å². The molecule has 3 aromatic rings. The Kier molecular flexibility index (Phi) is 7.13. The molecule has 3 rings (SSSR count). The van der Waals surface area contributed by atoms with E-state index in [1.807, 2.05) is 61.5 Å². The molecular weight excluding hydrogens is 392 g/mol. The number of amides is 2. The van der Waals surface area contributed by atoms with Gasteiger partial charge in [-0.3, -0.25) is 14.8 Å². The Labute approximate surface area is 181 Å². The van der Waals surface area contributed by atoms with Gasteiger partial charge in [-0.25, -0.2) is 10.5 Å². The molecule has 0 radical (unpaired) electrons. The molecule has 0 bridgehead atoms. The van der Waals surface area contributed by atoms with Gasteiger partial charge in [-0.1, -0.05) is 42.5 Å². The van der Waals surface area contributed by atoms with E-state index >= 15 is 0 Å². The molecule has 0 unspecified atom stereocenters. The first kappa shape index (κ1) is 21.7. The van der Waals surface area contributed by atoms with Crippen molar-refractivity contribution in [2.24, 2.45) is 5.10 Å². The number of hydrogen-bond donors (Lipinski definition) is 2. The van der Waals surface area contributed by atoms with Crippen molar-refractivity contribution >= 4 is 23.7 Å². The van der Waals surface area contributed by atoms with E-state index in [0.717, 1.165) is 11.3 Å². The Morgan fingerprint density at radius 3 is 2.10 bits per heavy atom.